The van der Waals surface area contributed by atoms with Crippen molar-refractivity contribution in [1.82, 2.24) is 9.78 Å². The van der Waals surface area contributed by atoms with E-state index in [-0.39, 0.29) is 57.4 Å². The number of aromatic nitrogens is 2. The number of nitrogens with two attached hydrogens (primary N) is 1. The molecule has 2 amide bonds. The van der Waals surface area contributed by atoms with Crippen LogP contribution >= 0.6 is 23.2 Å². The molecule has 0 radical (unpaired) electrons. The van der Waals surface area contributed by atoms with Crippen molar-refractivity contribution in [3.05, 3.63) is 152 Å². The van der Waals surface area contributed by atoms with E-state index in [1.54, 1.807) is 33.0 Å². The van der Waals surface area contributed by atoms with Gasteiger partial charge >= 0.3 is 0 Å². The molecule has 21 heteroatoms. The number of halogens is 2. The number of Topliss-reactive ketones (excluding diaryl/α,β-unsaturated/α-hetero) is 1. The first kappa shape index (κ1) is 66.0. The number of hydrogen-bond donors (Lipinski definition) is 3. The van der Waals surface area contributed by atoms with E-state index in [2.05, 4.69) is 47.9 Å². The lowest BCUT2D eigenvalue weighted by Crippen LogP contribution is -2.49. The maximum atomic E-state index is 14.9. The summed E-state index contributed by atoms with van der Waals surface area (Å²) in [5.74, 6) is -0.0768. The van der Waals surface area contributed by atoms with Gasteiger partial charge in [0.15, 0.2) is 5.78 Å². The van der Waals surface area contributed by atoms with E-state index in [0.717, 1.165) is 98.7 Å². The number of amides is 2. The molecule has 13 rings (SSSR count). The lowest BCUT2D eigenvalue weighted by Gasteiger charge is -2.45. The zero-order valence-electron chi connectivity index (χ0n) is 53.5. The number of ketones is 1. The zero-order chi connectivity index (χ0) is 65.0. The van der Waals surface area contributed by atoms with Gasteiger partial charge in [-0.05, 0) is 209 Å². The van der Waals surface area contributed by atoms with Crippen molar-refractivity contribution in [3.63, 3.8) is 0 Å². The Balaban J connectivity index is 0.000000182. The molecule has 2 fully saturated rings. The summed E-state index contributed by atoms with van der Waals surface area (Å²) in [7, 11) is -3.64. The Hall–Kier alpha value is -6.06. The van der Waals surface area contributed by atoms with Gasteiger partial charge in [0.2, 0.25) is 5.88 Å². The minimum absolute atomic E-state index is 0.0713. The molecule has 4 aromatic carbocycles. The summed E-state index contributed by atoms with van der Waals surface area (Å²) < 4.78 is 56.8. The average Bonchev–Trinajstić information content (AvgIpc) is 1.48. The molecule has 4 N–H and O–H groups in total. The molecule has 4 bridgehead atoms. The van der Waals surface area contributed by atoms with Crippen molar-refractivity contribution in [3.8, 4) is 17.4 Å². The summed E-state index contributed by atoms with van der Waals surface area (Å²) in [6, 6.07) is 23.0. The molecule has 92 heavy (non-hydrogen) atoms. The highest BCUT2D eigenvalue weighted by molar-refractivity contribution is 7.95. The van der Waals surface area contributed by atoms with Crippen LogP contribution in [0.3, 0.4) is 0 Å². The molecule has 2 spiro atoms. The highest BCUT2D eigenvalue weighted by Crippen LogP contribution is 2.50. The maximum Gasteiger partial charge on any atom is 0.286 e. The number of carbonyl (C=O) groups is 3. The van der Waals surface area contributed by atoms with Gasteiger partial charge in [0.25, 0.3) is 11.8 Å². The Bertz CT molecular complexity index is 4010. The first-order valence-electron chi connectivity index (χ1n) is 32.7. The number of fused-ring (bicyclic) bond motifs is 8. The first-order valence-corrected chi connectivity index (χ1v) is 36.9. The van der Waals surface area contributed by atoms with Crippen LogP contribution in [0.15, 0.2) is 112 Å². The molecule has 5 aromatic rings. The average molecular weight is 1330 g/mol. The molecule has 1 unspecified atom stereocenters. The zero-order valence-corrected chi connectivity index (χ0v) is 56.7. The number of benzene rings is 4. The van der Waals surface area contributed by atoms with Crippen LogP contribution in [0.5, 0.6) is 17.4 Å². The Morgan fingerprint density at radius 3 is 1.66 bits per heavy atom. The molecular weight excluding hydrogens is 1250 g/mol. The van der Waals surface area contributed by atoms with Crippen molar-refractivity contribution < 1.29 is 47.2 Å². The van der Waals surface area contributed by atoms with Gasteiger partial charge in [0, 0.05) is 76.7 Å². The SMILES string of the molecule is COc1nn(C)cc1C(=O)C[S@@]1(=O)=NC(=O)c2ccc3c(c2)N(C[C@@H]2CC[C@H]2[C@@H](O)/C=C/C[C@H](C)[C@H]1C)C[C@@]1(CCCc2cc(Cl)ccc21)CO3.C[C@@H]1[C@@H](C)C/C=C/[C@H](O)[C@@H]2CC[C@H]2CN2C[C@@]3(CCCc4cc(Cl)ccc43)COc3ccc(cc32)C(=O)N=S1(N)=O. The third kappa shape index (κ3) is 13.2. The third-order valence-corrected chi connectivity index (χ3v) is 27.0. The van der Waals surface area contributed by atoms with E-state index in [1.165, 1.54) is 40.2 Å². The van der Waals surface area contributed by atoms with Gasteiger partial charge in [0.05, 0.1) is 64.6 Å². The number of allylic oxidation sites excluding steroid dienone is 2. The normalized spacial score (nSPS) is 33.5. The number of aliphatic hydroxyl groups excluding tert-OH is 2. The molecule has 14 atom stereocenters. The number of hydrogen-bond acceptors (Lipinski definition) is 13. The molecule has 5 heterocycles. The fourth-order valence-corrected chi connectivity index (χ4v) is 19.6. The molecule has 1 aromatic heterocycles. The third-order valence-electron chi connectivity index (χ3n) is 21.8. The van der Waals surface area contributed by atoms with Crippen LogP contribution in [0.2, 0.25) is 10.0 Å². The van der Waals surface area contributed by atoms with Crippen molar-refractivity contribution >= 4 is 71.8 Å². The van der Waals surface area contributed by atoms with Crippen LogP contribution in [0.1, 0.15) is 145 Å². The molecule has 2 saturated carbocycles. The molecular formula is C71H87Cl2N7O10S2. The molecule has 4 aliphatic heterocycles. The first-order chi connectivity index (χ1) is 44.0. The van der Waals surface area contributed by atoms with E-state index in [1.807, 2.05) is 74.5 Å². The number of methoxy groups -OCH3 is 1. The van der Waals surface area contributed by atoms with Crippen LogP contribution in [0.4, 0.5) is 11.4 Å². The summed E-state index contributed by atoms with van der Waals surface area (Å²) in [6.45, 7) is 11.3. The van der Waals surface area contributed by atoms with Crippen LogP contribution in [-0.4, -0.2) is 121 Å². The van der Waals surface area contributed by atoms with Crippen molar-refractivity contribution in [1.29, 1.82) is 0 Å². The molecule has 492 valence electrons. The van der Waals surface area contributed by atoms with Gasteiger partial charge in [-0.3, -0.25) is 19.1 Å². The highest BCUT2D eigenvalue weighted by Gasteiger charge is 2.47. The smallest absolute Gasteiger partial charge is 0.286 e. The predicted molar refractivity (Wildman–Crippen MR) is 363 cm³/mol. The Kier molecular flexibility index (Phi) is 19.1. The number of rotatable bonds is 4. The van der Waals surface area contributed by atoms with Gasteiger partial charge in [0.1, 0.15) is 27.0 Å². The van der Waals surface area contributed by atoms with Crippen LogP contribution in [0, 0.1) is 35.5 Å². The number of aryl methyl sites for hydroxylation is 3. The van der Waals surface area contributed by atoms with Crippen molar-refractivity contribution in [2.75, 3.05) is 62.1 Å². The number of aliphatic hydroxyl groups is 2. The second-order valence-electron chi connectivity index (χ2n) is 27.6. The second kappa shape index (κ2) is 26.6. The van der Waals surface area contributed by atoms with E-state index >= 15 is 0 Å². The minimum atomic E-state index is -3.45. The van der Waals surface area contributed by atoms with E-state index in [9.17, 15) is 33.0 Å². The standard InChI is InChI=1S/C39H47ClN4O6S.C32H40ClN3O4S/c1-24-7-5-9-34(45)30-13-10-28(30)19-44-22-39(16-6-8-26-17-29(40)12-14-32(26)39)23-50-36-15-11-27(18-33(36)44)37(47)42-51(48,25(24)2)21-35(46)31-20-43(3)41-38(31)49-4;1-20-5-3-7-29(37)26-11-8-24(26)17-36-18-32(14-4-6-22-15-25(33)10-12-27(22)32)19-40-30-13-9-23(16-28(30)36)31(38)35-41(34,39)21(20)2/h5,9,11-12,14-15,17-18,20,24-25,28,30,34,45H,6-8,10,13,16,19,21-23H2,1-4H3;3,7,9-10,12-13,15-16,20-21,24,26,29,37H,4-6,8,11,14,17-19H2,1-2H3,(H2,34,35,38,39)/b9-5+;7-3+/t24-,25+,28-,30+,34-,39-,51-;20-,21+,24-,26+,29-,32-,41?/m00/s1. The van der Waals surface area contributed by atoms with Crippen LogP contribution < -0.4 is 29.1 Å². The Morgan fingerprint density at radius 2 is 1.18 bits per heavy atom. The molecule has 17 nitrogen and oxygen atoms in total. The minimum Gasteiger partial charge on any atom is -0.490 e. The summed E-state index contributed by atoms with van der Waals surface area (Å²) >= 11 is 12.8. The molecule has 8 aliphatic rings. The van der Waals surface area contributed by atoms with Gasteiger partial charge in [-0.15, -0.1) is 9.46 Å². The largest absolute Gasteiger partial charge is 0.490 e. The van der Waals surface area contributed by atoms with E-state index < -0.39 is 65.7 Å². The van der Waals surface area contributed by atoms with Gasteiger partial charge in [-0.25, -0.2) is 13.6 Å². The summed E-state index contributed by atoms with van der Waals surface area (Å²) in [5.41, 5.74) is 6.93. The van der Waals surface area contributed by atoms with Crippen LogP contribution in [0.25, 0.3) is 0 Å². The number of nitrogens with zero attached hydrogens (tertiary/aromatic N) is 6. The Morgan fingerprint density at radius 1 is 0.696 bits per heavy atom. The monoisotopic (exact) mass is 1330 g/mol. The molecule has 0 saturated heterocycles. The summed E-state index contributed by atoms with van der Waals surface area (Å²) in [5, 5.41) is 33.2. The fourth-order valence-electron chi connectivity index (χ4n) is 15.6. The van der Waals surface area contributed by atoms with E-state index in [4.69, 9.17) is 42.6 Å². The fraction of sp³-hybridized carbons (Fsp3) is 0.521. The number of anilines is 2. The number of ether oxygens (including phenoxy) is 3. The lowest BCUT2D eigenvalue weighted by atomic mass is 9.68. The molecule has 4 aliphatic carbocycles. The van der Waals surface area contributed by atoms with Crippen LogP contribution in [-0.2, 0) is 50.4 Å². The van der Waals surface area contributed by atoms with Crippen molar-refractivity contribution in [2.45, 2.75) is 138 Å². The number of carbonyl (C=O) groups excluding carboxylic acids is 3. The Labute approximate surface area is 551 Å². The lowest BCUT2D eigenvalue weighted by molar-refractivity contribution is 0.0454. The summed E-state index contributed by atoms with van der Waals surface area (Å²) in [6.07, 6.45) is 19.0. The van der Waals surface area contributed by atoms with Gasteiger partial charge in [-0.1, -0.05) is 73.5 Å². The maximum absolute atomic E-state index is 14.9. The van der Waals surface area contributed by atoms with Gasteiger partial charge < -0.3 is 34.2 Å². The second-order valence-corrected chi connectivity index (χ2v) is 33.3. The topological polar surface area (TPSA) is 229 Å². The highest BCUT2D eigenvalue weighted by atomic mass is 35.5. The van der Waals surface area contributed by atoms with E-state index in [0.29, 0.717) is 62.1 Å². The predicted octanol–water partition coefficient (Wildman–Crippen LogP) is 12.1. The van der Waals surface area contributed by atoms with Crippen molar-refractivity contribution in [2.24, 2.45) is 56.4 Å². The van der Waals surface area contributed by atoms with Gasteiger partial charge in [-0.2, -0.15) is 4.36 Å². The summed E-state index contributed by atoms with van der Waals surface area (Å²) in [4.78, 5) is 45.9. The quantitative estimate of drug-likeness (QED) is 0.112.